The van der Waals surface area contributed by atoms with Gasteiger partial charge in [0, 0.05) is 24.9 Å². The first-order valence-corrected chi connectivity index (χ1v) is 8.42. The van der Waals surface area contributed by atoms with E-state index in [1.165, 1.54) is 0 Å². The second-order valence-electron chi connectivity index (χ2n) is 6.04. The number of hydrogen-bond acceptors (Lipinski definition) is 5. The molecule has 1 aromatic carbocycles. The van der Waals surface area contributed by atoms with Gasteiger partial charge in [-0.2, -0.15) is 5.10 Å². The minimum absolute atomic E-state index is 0.303. The van der Waals surface area contributed by atoms with Gasteiger partial charge in [0.1, 0.15) is 28.5 Å². The van der Waals surface area contributed by atoms with Crippen LogP contribution in [0.5, 0.6) is 0 Å². The lowest BCUT2D eigenvalue weighted by molar-refractivity contribution is 0.102. The van der Waals surface area contributed by atoms with Gasteiger partial charge in [0.05, 0.1) is 5.69 Å². The lowest BCUT2D eigenvalue weighted by Crippen LogP contribution is -2.15. The molecule has 0 aliphatic carbocycles. The Morgan fingerprint density at radius 1 is 1.07 bits per heavy atom. The molecule has 0 unspecified atom stereocenters. The van der Waals surface area contributed by atoms with Crippen molar-refractivity contribution < 1.29 is 9.32 Å². The molecule has 4 aromatic rings. The Hall–Kier alpha value is -3.74. The predicted octanol–water partition coefficient (Wildman–Crippen LogP) is 3.70. The van der Waals surface area contributed by atoms with Gasteiger partial charge >= 0.3 is 0 Å². The molecule has 0 atom stereocenters. The van der Waals surface area contributed by atoms with Crippen molar-refractivity contribution in [3.8, 4) is 22.6 Å². The van der Waals surface area contributed by atoms with Gasteiger partial charge in [-0.25, -0.2) is 0 Å². The Balaban J connectivity index is 1.65. The average Bonchev–Trinajstić information content (AvgIpc) is 3.26. The summed E-state index contributed by atoms with van der Waals surface area (Å²) < 4.78 is 6.87. The fourth-order valence-electron chi connectivity index (χ4n) is 2.84. The van der Waals surface area contributed by atoms with Gasteiger partial charge < -0.3 is 9.84 Å². The van der Waals surface area contributed by atoms with Crippen LogP contribution in [0.4, 0.5) is 5.82 Å². The number of hydrogen-bond donors (Lipinski definition) is 1. The minimum atomic E-state index is -0.303. The summed E-state index contributed by atoms with van der Waals surface area (Å²) in [6.07, 6.45) is 1.70. The molecular formula is C20H17N5O2. The zero-order valence-electron chi connectivity index (χ0n) is 14.9. The van der Waals surface area contributed by atoms with E-state index in [1.54, 1.807) is 30.9 Å². The molecule has 3 aromatic heterocycles. The number of aromatic nitrogens is 4. The smallest absolute Gasteiger partial charge is 0.262 e. The summed E-state index contributed by atoms with van der Waals surface area (Å²) in [6.45, 7) is 1.72. The van der Waals surface area contributed by atoms with Crippen LogP contribution < -0.4 is 5.32 Å². The lowest BCUT2D eigenvalue weighted by atomic mass is 10.1. The third kappa shape index (κ3) is 3.22. The van der Waals surface area contributed by atoms with E-state index in [0.29, 0.717) is 28.5 Å². The highest BCUT2D eigenvalue weighted by Crippen LogP contribution is 2.26. The molecule has 4 rings (SSSR count). The quantitative estimate of drug-likeness (QED) is 0.600. The number of benzene rings is 1. The van der Waals surface area contributed by atoms with Gasteiger partial charge in [0.2, 0.25) is 0 Å². The largest absolute Gasteiger partial charge is 0.360 e. The van der Waals surface area contributed by atoms with Gasteiger partial charge in [0.25, 0.3) is 5.91 Å². The number of carbonyl (C=O) groups is 1. The number of aryl methyl sites for hydroxylation is 2. The first kappa shape index (κ1) is 16.7. The molecule has 0 saturated carbocycles. The number of nitrogens with one attached hydrogen (secondary N) is 1. The van der Waals surface area contributed by atoms with Crippen molar-refractivity contribution >= 4 is 11.7 Å². The molecule has 0 radical (unpaired) electrons. The van der Waals surface area contributed by atoms with Crippen molar-refractivity contribution in [3.63, 3.8) is 0 Å². The van der Waals surface area contributed by atoms with Gasteiger partial charge in [-0.05, 0) is 19.1 Å². The van der Waals surface area contributed by atoms with Crippen LogP contribution >= 0.6 is 0 Å². The Labute approximate surface area is 155 Å². The van der Waals surface area contributed by atoms with Crippen molar-refractivity contribution in [3.05, 3.63) is 72.1 Å². The lowest BCUT2D eigenvalue weighted by Gasteiger charge is -2.05. The standard InChI is InChI=1S/C20H17N5O2/c1-13-18(19(24-27-13)14-8-4-3-5-9-14)20(26)22-17-12-16(23-25(17)2)15-10-6-7-11-21-15/h3-12H,1-2H3,(H,22,26). The van der Waals surface area contributed by atoms with Crippen molar-refractivity contribution in [2.75, 3.05) is 5.32 Å². The van der Waals surface area contributed by atoms with Crippen molar-refractivity contribution in [2.45, 2.75) is 6.92 Å². The zero-order chi connectivity index (χ0) is 18.8. The fourth-order valence-corrected chi connectivity index (χ4v) is 2.84. The third-order valence-electron chi connectivity index (χ3n) is 4.19. The molecule has 7 heteroatoms. The maximum atomic E-state index is 12.9. The predicted molar refractivity (Wildman–Crippen MR) is 101 cm³/mol. The summed E-state index contributed by atoms with van der Waals surface area (Å²) in [5.41, 5.74) is 3.15. The number of rotatable bonds is 4. The highest BCUT2D eigenvalue weighted by atomic mass is 16.5. The van der Waals surface area contributed by atoms with Crippen LogP contribution in [0.25, 0.3) is 22.6 Å². The Kier molecular flexibility index (Phi) is 4.25. The molecule has 0 bridgehead atoms. The number of pyridine rings is 1. The Bertz CT molecular complexity index is 1080. The zero-order valence-corrected chi connectivity index (χ0v) is 14.9. The highest BCUT2D eigenvalue weighted by Gasteiger charge is 2.22. The highest BCUT2D eigenvalue weighted by molar-refractivity contribution is 6.08. The second kappa shape index (κ2) is 6.87. The van der Waals surface area contributed by atoms with Crippen LogP contribution in [0.15, 0.2) is 65.3 Å². The van der Waals surface area contributed by atoms with E-state index in [2.05, 4.69) is 20.6 Å². The van der Waals surface area contributed by atoms with Gasteiger partial charge in [0.15, 0.2) is 0 Å². The molecule has 7 nitrogen and oxygen atoms in total. The van der Waals surface area contributed by atoms with Crippen LogP contribution in [-0.2, 0) is 7.05 Å². The normalized spacial score (nSPS) is 10.7. The first-order valence-electron chi connectivity index (χ1n) is 8.42. The van der Waals surface area contributed by atoms with Crippen molar-refractivity contribution in [1.82, 2.24) is 19.9 Å². The second-order valence-corrected chi connectivity index (χ2v) is 6.04. The maximum Gasteiger partial charge on any atom is 0.262 e. The summed E-state index contributed by atoms with van der Waals surface area (Å²) >= 11 is 0. The van der Waals surface area contributed by atoms with Gasteiger partial charge in [-0.1, -0.05) is 41.6 Å². The molecule has 0 fully saturated rings. The SMILES string of the molecule is Cc1onc(-c2ccccc2)c1C(=O)Nc1cc(-c2ccccn2)nn1C. The van der Waals surface area contributed by atoms with Crippen molar-refractivity contribution in [1.29, 1.82) is 0 Å². The van der Waals surface area contributed by atoms with Crippen LogP contribution in [0.2, 0.25) is 0 Å². The summed E-state index contributed by atoms with van der Waals surface area (Å²) in [5, 5.41) is 11.4. The van der Waals surface area contributed by atoms with E-state index >= 15 is 0 Å². The van der Waals surface area contributed by atoms with Crippen molar-refractivity contribution in [2.24, 2.45) is 7.05 Å². The van der Waals surface area contributed by atoms with Crippen LogP contribution in [0.3, 0.4) is 0 Å². The fraction of sp³-hybridized carbons (Fsp3) is 0.100. The van der Waals surface area contributed by atoms with E-state index in [1.807, 2.05) is 48.5 Å². The summed E-state index contributed by atoms with van der Waals surface area (Å²) in [6, 6.07) is 16.8. The summed E-state index contributed by atoms with van der Waals surface area (Å²) in [5.74, 6) is 0.710. The third-order valence-corrected chi connectivity index (χ3v) is 4.19. The topological polar surface area (TPSA) is 85.8 Å². The molecule has 3 heterocycles. The molecule has 1 amide bonds. The van der Waals surface area contributed by atoms with E-state index in [0.717, 1.165) is 11.3 Å². The Morgan fingerprint density at radius 3 is 2.59 bits per heavy atom. The van der Waals surface area contributed by atoms with Crippen LogP contribution in [0.1, 0.15) is 16.1 Å². The summed E-state index contributed by atoms with van der Waals surface area (Å²) in [4.78, 5) is 17.2. The molecule has 0 saturated heterocycles. The maximum absolute atomic E-state index is 12.9. The van der Waals surface area contributed by atoms with Crippen LogP contribution in [-0.4, -0.2) is 25.8 Å². The number of anilines is 1. The molecular weight excluding hydrogens is 342 g/mol. The molecule has 27 heavy (non-hydrogen) atoms. The van der Waals surface area contributed by atoms with E-state index in [-0.39, 0.29) is 5.91 Å². The first-order chi connectivity index (χ1) is 13.1. The monoisotopic (exact) mass is 359 g/mol. The van der Waals surface area contributed by atoms with Gasteiger partial charge in [-0.3, -0.25) is 14.5 Å². The number of carbonyl (C=O) groups excluding carboxylic acids is 1. The molecule has 0 spiro atoms. The van der Waals surface area contributed by atoms with Gasteiger partial charge in [-0.15, -0.1) is 0 Å². The van der Waals surface area contributed by atoms with E-state index in [9.17, 15) is 4.79 Å². The number of amides is 1. The molecule has 134 valence electrons. The number of nitrogens with zero attached hydrogens (tertiary/aromatic N) is 4. The average molecular weight is 359 g/mol. The van der Waals surface area contributed by atoms with Crippen LogP contribution in [0, 0.1) is 6.92 Å². The Morgan fingerprint density at radius 2 is 1.85 bits per heavy atom. The van der Waals surface area contributed by atoms with E-state index < -0.39 is 0 Å². The minimum Gasteiger partial charge on any atom is -0.360 e. The summed E-state index contributed by atoms with van der Waals surface area (Å²) in [7, 11) is 1.76. The van der Waals surface area contributed by atoms with E-state index in [4.69, 9.17) is 4.52 Å². The molecule has 0 aliphatic heterocycles. The molecule has 0 aliphatic rings. The molecule has 1 N–H and O–H groups in total.